The van der Waals surface area contributed by atoms with E-state index in [0.717, 1.165) is 0 Å². The zero-order valence-corrected chi connectivity index (χ0v) is 10.3. The van der Waals surface area contributed by atoms with Crippen LogP contribution >= 0.6 is 81.2 Å². The first-order valence-electron chi connectivity index (χ1n) is 2.26. The van der Waals surface area contributed by atoms with Crippen molar-refractivity contribution in [2.75, 3.05) is 0 Å². The molecule has 0 aliphatic carbocycles. The molecule has 0 radical (unpaired) electrons. The molecule has 0 saturated carbocycles. The van der Waals surface area contributed by atoms with Gasteiger partial charge in [-0.05, 0) is 0 Å². The predicted molar refractivity (Wildman–Crippen MR) is 54.6 cm³/mol. The van der Waals surface area contributed by atoms with Crippen LogP contribution in [-0.2, 0) is 0 Å². The first kappa shape index (κ1) is 13.7. The van der Waals surface area contributed by atoms with E-state index >= 15 is 0 Å². The van der Waals surface area contributed by atoms with Crippen molar-refractivity contribution in [1.29, 1.82) is 0 Å². The van der Waals surface area contributed by atoms with E-state index in [0.29, 0.717) is 0 Å². The van der Waals surface area contributed by atoms with Crippen molar-refractivity contribution in [3.8, 4) is 0 Å². The highest BCUT2D eigenvalue weighted by atomic mass is 35.6. The maximum atomic E-state index is 12.9. The molecule has 0 unspecified atom stereocenters. The molecule has 72 valence electrons. The van der Waals surface area contributed by atoms with Crippen LogP contribution in [0, 0.1) is 0 Å². The zero-order chi connectivity index (χ0) is 10.2. The third-order valence-corrected chi connectivity index (χ3v) is 2.49. The Morgan fingerprint density at radius 1 is 0.833 bits per heavy atom. The second kappa shape index (κ2) is 4.48. The van der Waals surface area contributed by atoms with E-state index in [1.807, 2.05) is 0 Å². The number of alkyl halides is 6. The summed E-state index contributed by atoms with van der Waals surface area (Å²) in [6.45, 7) is 0. The Labute approximate surface area is 103 Å². The topological polar surface area (TPSA) is 0 Å². The summed E-state index contributed by atoms with van der Waals surface area (Å²) >= 11 is 36.2. The molecule has 0 amide bonds. The molecule has 0 aromatic rings. The van der Waals surface area contributed by atoms with Gasteiger partial charge in [-0.25, -0.2) is 4.39 Å². The quantitative estimate of drug-likeness (QED) is 0.543. The van der Waals surface area contributed by atoms with E-state index in [2.05, 4.69) is 0 Å². The summed E-state index contributed by atoms with van der Waals surface area (Å²) in [4.78, 5) is 0. The van der Waals surface area contributed by atoms with Gasteiger partial charge in [0.05, 0.1) is 0 Å². The molecule has 0 fully saturated rings. The van der Waals surface area contributed by atoms with Gasteiger partial charge in [0.1, 0.15) is 5.03 Å². The van der Waals surface area contributed by atoms with Gasteiger partial charge in [-0.1, -0.05) is 81.2 Å². The smallest absolute Gasteiger partial charge is 0.206 e. The highest BCUT2D eigenvalue weighted by molar-refractivity contribution is 6.74. The SMILES string of the molecule is FC(=C(Cl)C(Cl)(Cl)Cl)C(Cl)(Cl)Cl. The molecule has 0 atom stereocenters. The Kier molecular flexibility index (Phi) is 5.11. The molecule has 0 bridgehead atoms. The van der Waals surface area contributed by atoms with Crippen LogP contribution in [0.4, 0.5) is 4.39 Å². The van der Waals surface area contributed by atoms with Crippen molar-refractivity contribution in [2.45, 2.75) is 7.59 Å². The van der Waals surface area contributed by atoms with E-state index in [1.54, 1.807) is 0 Å². The average Bonchev–Trinajstić information content (AvgIpc) is 1.80. The lowest BCUT2D eigenvalue weighted by molar-refractivity contribution is 0.612. The third-order valence-electron chi connectivity index (χ3n) is 0.690. The van der Waals surface area contributed by atoms with Gasteiger partial charge in [0.2, 0.25) is 7.59 Å². The second-order valence-electron chi connectivity index (χ2n) is 1.62. The molecule has 0 nitrogen and oxygen atoms in total. The molecular weight excluding hydrogens is 315 g/mol. The summed E-state index contributed by atoms with van der Waals surface area (Å²) in [6, 6.07) is 0. The first-order chi connectivity index (χ1) is 5.07. The molecule has 0 N–H and O–H groups in total. The summed E-state index contributed by atoms with van der Waals surface area (Å²) < 4.78 is 8.45. The Morgan fingerprint density at radius 2 is 1.17 bits per heavy atom. The van der Waals surface area contributed by atoms with Crippen LogP contribution < -0.4 is 0 Å². The first-order valence-corrected chi connectivity index (χ1v) is 4.91. The normalized spacial score (nSPS) is 16.0. The van der Waals surface area contributed by atoms with Gasteiger partial charge in [-0.3, -0.25) is 0 Å². The summed E-state index contributed by atoms with van der Waals surface area (Å²) in [7, 11) is 0. The van der Waals surface area contributed by atoms with Crippen LogP contribution in [0.15, 0.2) is 10.9 Å². The van der Waals surface area contributed by atoms with E-state index in [4.69, 9.17) is 81.2 Å². The molecule has 0 spiro atoms. The molecule has 0 aromatic heterocycles. The van der Waals surface area contributed by atoms with Crippen molar-refractivity contribution in [1.82, 2.24) is 0 Å². The Bertz CT molecular complexity index is 174. The van der Waals surface area contributed by atoms with Crippen molar-refractivity contribution < 1.29 is 4.39 Å². The summed E-state index contributed by atoms with van der Waals surface area (Å²) in [5.41, 5.74) is 0. The van der Waals surface area contributed by atoms with Gasteiger partial charge in [-0.2, -0.15) is 0 Å². The van der Waals surface area contributed by atoms with Gasteiger partial charge >= 0.3 is 0 Å². The number of rotatable bonds is 0. The van der Waals surface area contributed by atoms with Crippen LogP contribution in [-0.4, -0.2) is 7.59 Å². The number of hydrogen-bond donors (Lipinski definition) is 0. The molecule has 0 aliphatic rings. The molecule has 0 heterocycles. The fourth-order valence-electron chi connectivity index (χ4n) is 0.249. The van der Waals surface area contributed by atoms with Crippen LogP contribution in [0.25, 0.3) is 0 Å². The highest BCUT2D eigenvalue weighted by Gasteiger charge is 2.37. The number of allylic oxidation sites excluding steroid dienone is 2. The molecule has 0 rings (SSSR count). The molecule has 12 heavy (non-hydrogen) atoms. The minimum Gasteiger partial charge on any atom is -0.206 e. The predicted octanol–water partition coefficient (Wildman–Crippen LogP) is 5.15. The van der Waals surface area contributed by atoms with Crippen molar-refractivity contribution in [3.05, 3.63) is 10.9 Å². The number of hydrogen-bond acceptors (Lipinski definition) is 0. The number of halogens is 8. The Hall–Kier alpha value is 1.70. The van der Waals surface area contributed by atoms with Crippen LogP contribution in [0.5, 0.6) is 0 Å². The average molecular weight is 315 g/mol. The van der Waals surface area contributed by atoms with Crippen LogP contribution in [0.1, 0.15) is 0 Å². The molecule has 8 heteroatoms. The maximum Gasteiger partial charge on any atom is 0.243 e. The third kappa shape index (κ3) is 4.28. The van der Waals surface area contributed by atoms with Gasteiger partial charge in [0.15, 0.2) is 5.83 Å². The fourth-order valence-corrected chi connectivity index (χ4v) is 1.07. The molecule has 0 aliphatic heterocycles. The second-order valence-corrected chi connectivity index (χ2v) is 6.56. The standard InChI is InChI=1S/C4Cl7F/c5-1(3(6,7)8)2(12)4(9,10)11. The van der Waals surface area contributed by atoms with E-state index in [9.17, 15) is 4.39 Å². The highest BCUT2D eigenvalue weighted by Crippen LogP contribution is 2.46. The minimum absolute atomic E-state index is 0.771. The summed E-state index contributed by atoms with van der Waals surface area (Å²) in [5.74, 6) is -1.31. The van der Waals surface area contributed by atoms with Gasteiger partial charge in [0.25, 0.3) is 0 Å². The largest absolute Gasteiger partial charge is 0.243 e. The van der Waals surface area contributed by atoms with Crippen molar-refractivity contribution in [3.63, 3.8) is 0 Å². The van der Waals surface area contributed by atoms with Crippen molar-refractivity contribution in [2.24, 2.45) is 0 Å². The van der Waals surface area contributed by atoms with Gasteiger partial charge in [0, 0.05) is 0 Å². The Morgan fingerprint density at radius 3 is 1.25 bits per heavy atom. The van der Waals surface area contributed by atoms with Crippen molar-refractivity contribution >= 4 is 81.2 Å². The Balaban J connectivity index is 4.96. The zero-order valence-electron chi connectivity index (χ0n) is 5.02. The fraction of sp³-hybridized carbons (Fsp3) is 0.500. The van der Waals surface area contributed by atoms with Crippen LogP contribution in [0.2, 0.25) is 0 Å². The summed E-state index contributed by atoms with van der Waals surface area (Å²) in [6.07, 6.45) is 0. The lowest BCUT2D eigenvalue weighted by Gasteiger charge is -2.14. The molecule has 0 aromatic carbocycles. The monoisotopic (exact) mass is 312 g/mol. The van der Waals surface area contributed by atoms with Gasteiger partial charge in [-0.15, -0.1) is 0 Å². The van der Waals surface area contributed by atoms with Crippen LogP contribution in [0.3, 0.4) is 0 Å². The van der Waals surface area contributed by atoms with Gasteiger partial charge < -0.3 is 0 Å². The summed E-state index contributed by atoms with van der Waals surface area (Å²) in [5, 5.41) is -0.771. The minimum atomic E-state index is -2.32. The van der Waals surface area contributed by atoms with E-state index in [1.165, 1.54) is 0 Å². The lowest BCUT2D eigenvalue weighted by atomic mass is 10.5. The maximum absolute atomic E-state index is 12.9. The lowest BCUT2D eigenvalue weighted by Crippen LogP contribution is -2.11. The molecular formula is C4Cl7F. The van der Waals surface area contributed by atoms with E-state index in [-0.39, 0.29) is 0 Å². The van der Waals surface area contributed by atoms with E-state index < -0.39 is 18.4 Å². The molecule has 0 saturated heterocycles.